The molecule has 27 heavy (non-hydrogen) atoms. The standard InChI is InChI=1S/C20H36N6O/c1-16(2)11-19(25-7-9-27-10-8-25)13-22-20(21-3)26-6-5-17(15-26)18-12-23-24(4)14-18/h12,14,16-17,19H,5-11,13,15H2,1-4H3,(H,21,22). The first kappa shape index (κ1) is 20.1. The lowest BCUT2D eigenvalue weighted by atomic mass is 10.0. The zero-order valence-electron chi connectivity index (χ0n) is 17.4. The van der Waals surface area contributed by atoms with Crippen LogP contribution in [0.25, 0.3) is 0 Å². The number of nitrogens with zero attached hydrogens (tertiary/aromatic N) is 5. The van der Waals surface area contributed by atoms with Crippen LogP contribution < -0.4 is 5.32 Å². The number of hydrogen-bond donors (Lipinski definition) is 1. The van der Waals surface area contributed by atoms with Gasteiger partial charge in [0.15, 0.2) is 5.96 Å². The Morgan fingerprint density at radius 1 is 1.33 bits per heavy atom. The van der Waals surface area contributed by atoms with E-state index >= 15 is 0 Å². The fraction of sp³-hybridized carbons (Fsp3) is 0.800. The number of aromatic nitrogens is 2. The molecule has 2 atom stereocenters. The fourth-order valence-corrected chi connectivity index (χ4v) is 4.27. The lowest BCUT2D eigenvalue weighted by Gasteiger charge is -2.36. The molecule has 3 rings (SSSR count). The second kappa shape index (κ2) is 9.55. The first-order valence-corrected chi connectivity index (χ1v) is 10.3. The van der Waals surface area contributed by atoms with E-state index in [9.17, 15) is 0 Å². The van der Waals surface area contributed by atoms with Crippen LogP contribution in [0.3, 0.4) is 0 Å². The van der Waals surface area contributed by atoms with Gasteiger partial charge in [0.25, 0.3) is 0 Å². The summed E-state index contributed by atoms with van der Waals surface area (Å²) in [6.45, 7) is 11.4. The Morgan fingerprint density at radius 2 is 2.11 bits per heavy atom. The van der Waals surface area contributed by atoms with E-state index < -0.39 is 0 Å². The predicted octanol–water partition coefficient (Wildman–Crippen LogP) is 1.53. The molecule has 3 heterocycles. The van der Waals surface area contributed by atoms with E-state index in [-0.39, 0.29) is 0 Å². The normalized spacial score (nSPS) is 23.2. The molecule has 152 valence electrons. The number of morpholine rings is 1. The number of likely N-dealkylation sites (tertiary alicyclic amines) is 1. The van der Waals surface area contributed by atoms with Gasteiger partial charge in [-0.15, -0.1) is 0 Å². The lowest BCUT2D eigenvalue weighted by Crippen LogP contribution is -2.51. The highest BCUT2D eigenvalue weighted by molar-refractivity contribution is 5.80. The number of hydrogen-bond acceptors (Lipinski definition) is 4. The Kier molecular flexibility index (Phi) is 7.13. The summed E-state index contributed by atoms with van der Waals surface area (Å²) in [5, 5.41) is 7.99. The molecule has 2 aliphatic heterocycles. The molecule has 2 fully saturated rings. The highest BCUT2D eigenvalue weighted by Crippen LogP contribution is 2.26. The third-order valence-corrected chi connectivity index (χ3v) is 5.70. The summed E-state index contributed by atoms with van der Waals surface area (Å²) in [5.41, 5.74) is 1.33. The molecule has 7 heteroatoms. The molecule has 2 saturated heterocycles. The zero-order chi connectivity index (χ0) is 19.2. The van der Waals surface area contributed by atoms with E-state index in [1.165, 1.54) is 12.0 Å². The van der Waals surface area contributed by atoms with Crippen molar-refractivity contribution in [2.45, 2.75) is 38.6 Å². The molecule has 0 aliphatic carbocycles. The molecule has 1 aromatic heterocycles. The molecule has 2 unspecified atom stereocenters. The first-order chi connectivity index (χ1) is 13.1. The van der Waals surface area contributed by atoms with Crippen LogP contribution >= 0.6 is 0 Å². The SMILES string of the molecule is CN=C(NCC(CC(C)C)N1CCOCC1)N1CCC(c2cnn(C)c2)C1. The van der Waals surface area contributed by atoms with Gasteiger partial charge in [0.05, 0.1) is 19.4 Å². The van der Waals surface area contributed by atoms with E-state index in [4.69, 9.17) is 4.74 Å². The number of aryl methyl sites for hydroxylation is 1. The van der Waals surface area contributed by atoms with Crippen LogP contribution in [-0.4, -0.2) is 84.6 Å². The zero-order valence-corrected chi connectivity index (χ0v) is 17.4. The minimum atomic E-state index is 0.530. The van der Waals surface area contributed by atoms with Crippen molar-refractivity contribution in [3.8, 4) is 0 Å². The first-order valence-electron chi connectivity index (χ1n) is 10.3. The van der Waals surface area contributed by atoms with Crippen LogP contribution in [0.2, 0.25) is 0 Å². The van der Waals surface area contributed by atoms with E-state index in [2.05, 4.69) is 45.3 Å². The smallest absolute Gasteiger partial charge is 0.193 e. The van der Waals surface area contributed by atoms with E-state index in [1.807, 2.05) is 25.0 Å². The molecule has 0 radical (unpaired) electrons. The molecular formula is C20H36N6O. The third kappa shape index (κ3) is 5.45. The largest absolute Gasteiger partial charge is 0.379 e. The van der Waals surface area contributed by atoms with Crippen molar-refractivity contribution in [1.29, 1.82) is 0 Å². The van der Waals surface area contributed by atoms with Crippen LogP contribution in [-0.2, 0) is 11.8 Å². The molecule has 1 aromatic rings. The maximum absolute atomic E-state index is 5.54. The highest BCUT2D eigenvalue weighted by Gasteiger charge is 2.28. The third-order valence-electron chi connectivity index (χ3n) is 5.70. The molecule has 7 nitrogen and oxygen atoms in total. The van der Waals surface area contributed by atoms with Crippen molar-refractivity contribution >= 4 is 5.96 Å². The van der Waals surface area contributed by atoms with Gasteiger partial charge in [0.2, 0.25) is 0 Å². The van der Waals surface area contributed by atoms with E-state index in [0.717, 1.165) is 58.3 Å². The summed E-state index contributed by atoms with van der Waals surface area (Å²) >= 11 is 0. The monoisotopic (exact) mass is 376 g/mol. The van der Waals surface area contributed by atoms with Gasteiger partial charge in [-0.3, -0.25) is 14.6 Å². The van der Waals surface area contributed by atoms with Crippen molar-refractivity contribution in [3.63, 3.8) is 0 Å². The van der Waals surface area contributed by atoms with Crippen molar-refractivity contribution < 1.29 is 4.74 Å². The molecule has 1 N–H and O–H groups in total. The highest BCUT2D eigenvalue weighted by atomic mass is 16.5. The topological polar surface area (TPSA) is 57.9 Å². The van der Waals surface area contributed by atoms with Crippen molar-refractivity contribution in [3.05, 3.63) is 18.0 Å². The summed E-state index contributed by atoms with van der Waals surface area (Å²) in [6, 6.07) is 0.530. The molecule has 0 spiro atoms. The van der Waals surface area contributed by atoms with Gasteiger partial charge in [-0.1, -0.05) is 13.8 Å². The number of aliphatic imine (C=N–C) groups is 1. The van der Waals surface area contributed by atoms with Gasteiger partial charge in [0, 0.05) is 65.0 Å². The Hall–Kier alpha value is -1.60. The minimum absolute atomic E-state index is 0.530. The Labute approximate surface area is 163 Å². The van der Waals surface area contributed by atoms with Crippen LogP contribution in [0.15, 0.2) is 17.4 Å². The molecule has 0 bridgehead atoms. The van der Waals surface area contributed by atoms with Gasteiger partial charge < -0.3 is 15.0 Å². The lowest BCUT2D eigenvalue weighted by molar-refractivity contribution is 0.0131. The summed E-state index contributed by atoms with van der Waals surface area (Å²) < 4.78 is 7.43. The molecular weight excluding hydrogens is 340 g/mol. The van der Waals surface area contributed by atoms with Crippen LogP contribution in [0.4, 0.5) is 0 Å². The second-order valence-corrected chi connectivity index (χ2v) is 8.24. The number of guanidine groups is 1. The van der Waals surface area contributed by atoms with Gasteiger partial charge in [-0.05, 0) is 24.3 Å². The van der Waals surface area contributed by atoms with Gasteiger partial charge in [0.1, 0.15) is 0 Å². The van der Waals surface area contributed by atoms with Crippen molar-refractivity contribution in [2.24, 2.45) is 18.0 Å². The average molecular weight is 377 g/mol. The van der Waals surface area contributed by atoms with E-state index in [1.54, 1.807) is 0 Å². The molecule has 0 amide bonds. The van der Waals surface area contributed by atoms with Crippen LogP contribution in [0.1, 0.15) is 38.2 Å². The second-order valence-electron chi connectivity index (χ2n) is 8.24. The van der Waals surface area contributed by atoms with Crippen molar-refractivity contribution in [2.75, 3.05) is 53.0 Å². The van der Waals surface area contributed by atoms with Crippen molar-refractivity contribution in [1.82, 2.24) is 24.9 Å². The quantitative estimate of drug-likeness (QED) is 0.603. The van der Waals surface area contributed by atoms with Crippen LogP contribution in [0, 0.1) is 5.92 Å². The molecule has 0 saturated carbocycles. The fourth-order valence-electron chi connectivity index (χ4n) is 4.27. The van der Waals surface area contributed by atoms with Crippen LogP contribution in [0.5, 0.6) is 0 Å². The maximum Gasteiger partial charge on any atom is 0.193 e. The van der Waals surface area contributed by atoms with E-state index in [0.29, 0.717) is 17.9 Å². The maximum atomic E-state index is 5.54. The number of ether oxygens (including phenoxy) is 1. The Balaban J connectivity index is 1.55. The summed E-state index contributed by atoms with van der Waals surface area (Å²) in [4.78, 5) is 9.53. The Morgan fingerprint density at radius 3 is 2.74 bits per heavy atom. The average Bonchev–Trinajstić information content (AvgIpc) is 3.31. The Bertz CT molecular complexity index is 607. The summed E-state index contributed by atoms with van der Waals surface area (Å²) in [7, 11) is 3.88. The molecule has 2 aliphatic rings. The van der Waals surface area contributed by atoms with Gasteiger partial charge >= 0.3 is 0 Å². The summed E-state index contributed by atoms with van der Waals surface area (Å²) in [5.74, 6) is 2.26. The minimum Gasteiger partial charge on any atom is -0.379 e. The summed E-state index contributed by atoms with van der Waals surface area (Å²) in [6.07, 6.45) is 6.50. The van der Waals surface area contributed by atoms with Gasteiger partial charge in [-0.2, -0.15) is 5.10 Å². The predicted molar refractivity (Wildman–Crippen MR) is 109 cm³/mol. The number of nitrogens with one attached hydrogen (secondary N) is 1. The number of rotatable bonds is 6. The van der Waals surface area contributed by atoms with Gasteiger partial charge in [-0.25, -0.2) is 0 Å². The molecule has 0 aromatic carbocycles.